The number of ether oxygens (including phenoxy) is 2. The number of carbonyl (C=O) groups is 1. The van der Waals surface area contributed by atoms with E-state index in [0.717, 1.165) is 22.4 Å². The molecule has 0 heterocycles. The van der Waals surface area contributed by atoms with Gasteiger partial charge in [-0.05, 0) is 49.7 Å². The van der Waals surface area contributed by atoms with Crippen molar-refractivity contribution in [2.45, 2.75) is 26.8 Å². The van der Waals surface area contributed by atoms with E-state index in [1.807, 2.05) is 25.8 Å². The third-order valence-corrected chi connectivity index (χ3v) is 4.57. The summed E-state index contributed by atoms with van der Waals surface area (Å²) in [6.07, 6.45) is 0.216. The Morgan fingerprint density at radius 3 is 2.34 bits per heavy atom. The van der Waals surface area contributed by atoms with Crippen molar-refractivity contribution in [2.24, 2.45) is 0 Å². The molecule has 0 aromatic heterocycles. The third kappa shape index (κ3) is 5.92. The van der Waals surface area contributed by atoms with Crippen molar-refractivity contribution in [1.82, 2.24) is 4.90 Å². The monoisotopic (exact) mass is 401 g/mol. The van der Waals surface area contributed by atoms with Crippen LogP contribution in [0.1, 0.15) is 23.1 Å². The van der Waals surface area contributed by atoms with Crippen LogP contribution in [-0.2, 0) is 11.3 Å². The van der Waals surface area contributed by atoms with Gasteiger partial charge in [-0.25, -0.2) is 0 Å². The van der Waals surface area contributed by atoms with Gasteiger partial charge in [0.25, 0.3) is 5.69 Å². The normalized spacial score (nSPS) is 10.7. The molecule has 0 radical (unpaired) electrons. The van der Waals surface area contributed by atoms with Gasteiger partial charge in [0, 0.05) is 19.5 Å². The van der Waals surface area contributed by atoms with Crippen LogP contribution in [-0.4, -0.2) is 43.5 Å². The number of rotatable bonds is 9. The Kier molecular flexibility index (Phi) is 7.55. The minimum Gasteiger partial charge on any atom is -0.496 e. The third-order valence-electron chi connectivity index (χ3n) is 4.57. The smallest absolute Gasteiger partial charge is 0.296 e. The molecule has 2 aromatic carbocycles. The standard InChI is InChI=1S/C21H27N3O5/c1-14-10-16(11-15(2)21(14)29-5)13-23(3)9-8-20(25)22-18-7-6-17(28-4)12-19(18)24(26)27/h6-7,10-12H,8-9,13H2,1-5H3,(H,22,25). The minimum absolute atomic E-state index is 0.157. The number of carbonyl (C=O) groups excluding carboxylic acids is 1. The van der Waals surface area contributed by atoms with E-state index in [1.54, 1.807) is 13.2 Å². The molecule has 8 heteroatoms. The minimum atomic E-state index is -0.543. The predicted octanol–water partition coefficient (Wildman–Crippen LogP) is 3.69. The maximum absolute atomic E-state index is 12.3. The Labute approximate surface area is 170 Å². The van der Waals surface area contributed by atoms with Crippen LogP contribution in [0, 0.1) is 24.0 Å². The van der Waals surface area contributed by atoms with Crippen LogP contribution in [0.4, 0.5) is 11.4 Å². The van der Waals surface area contributed by atoms with E-state index in [9.17, 15) is 14.9 Å². The summed E-state index contributed by atoms with van der Waals surface area (Å²) in [7, 11) is 5.02. The Morgan fingerprint density at radius 1 is 1.14 bits per heavy atom. The second-order valence-electron chi connectivity index (χ2n) is 6.94. The zero-order chi connectivity index (χ0) is 21.6. The highest BCUT2D eigenvalue weighted by molar-refractivity contribution is 5.93. The largest absolute Gasteiger partial charge is 0.496 e. The maximum Gasteiger partial charge on any atom is 0.296 e. The molecule has 0 fully saturated rings. The molecule has 0 atom stereocenters. The van der Waals surface area contributed by atoms with Gasteiger partial charge in [0.1, 0.15) is 17.2 Å². The van der Waals surface area contributed by atoms with Crippen molar-refractivity contribution in [1.29, 1.82) is 0 Å². The highest BCUT2D eigenvalue weighted by Gasteiger charge is 2.17. The number of amides is 1. The van der Waals surface area contributed by atoms with E-state index >= 15 is 0 Å². The van der Waals surface area contributed by atoms with Crippen LogP contribution < -0.4 is 14.8 Å². The summed E-state index contributed by atoms with van der Waals surface area (Å²) in [6, 6.07) is 8.48. The lowest BCUT2D eigenvalue weighted by molar-refractivity contribution is -0.384. The van der Waals surface area contributed by atoms with Crippen molar-refractivity contribution in [3.8, 4) is 11.5 Å². The molecule has 2 aromatic rings. The quantitative estimate of drug-likeness (QED) is 0.509. The summed E-state index contributed by atoms with van der Waals surface area (Å²) in [5.41, 5.74) is 3.23. The molecule has 29 heavy (non-hydrogen) atoms. The van der Waals surface area contributed by atoms with Crippen LogP contribution in [0.3, 0.4) is 0 Å². The topological polar surface area (TPSA) is 93.9 Å². The zero-order valence-electron chi connectivity index (χ0n) is 17.4. The molecule has 1 N–H and O–H groups in total. The maximum atomic E-state index is 12.3. The van der Waals surface area contributed by atoms with Gasteiger partial charge in [-0.3, -0.25) is 14.9 Å². The summed E-state index contributed by atoms with van der Waals surface area (Å²) in [6.45, 7) is 5.20. The Morgan fingerprint density at radius 2 is 1.79 bits per heavy atom. The summed E-state index contributed by atoms with van der Waals surface area (Å²) < 4.78 is 10.4. The number of hydrogen-bond donors (Lipinski definition) is 1. The van der Waals surface area contributed by atoms with Gasteiger partial charge in [0.05, 0.1) is 25.2 Å². The Bertz CT molecular complexity index is 875. The summed E-state index contributed by atoms with van der Waals surface area (Å²) >= 11 is 0. The number of nitro benzene ring substituents is 1. The number of aryl methyl sites for hydroxylation is 2. The van der Waals surface area contributed by atoms with Crippen LogP contribution in [0.2, 0.25) is 0 Å². The molecule has 0 saturated carbocycles. The van der Waals surface area contributed by atoms with Crippen molar-refractivity contribution in [3.63, 3.8) is 0 Å². The van der Waals surface area contributed by atoms with Gasteiger partial charge >= 0.3 is 0 Å². The molecule has 0 aliphatic rings. The number of benzene rings is 2. The van der Waals surface area contributed by atoms with Gasteiger partial charge < -0.3 is 19.7 Å². The highest BCUT2D eigenvalue weighted by Crippen LogP contribution is 2.29. The van der Waals surface area contributed by atoms with E-state index in [1.165, 1.54) is 19.2 Å². The fourth-order valence-corrected chi connectivity index (χ4v) is 3.24. The molecule has 0 spiro atoms. The number of nitrogens with one attached hydrogen (secondary N) is 1. The number of anilines is 1. The zero-order valence-corrected chi connectivity index (χ0v) is 17.4. The lowest BCUT2D eigenvalue weighted by Gasteiger charge is -2.18. The van der Waals surface area contributed by atoms with Gasteiger partial charge in [-0.1, -0.05) is 12.1 Å². The molecule has 0 bridgehead atoms. The molecule has 0 aliphatic heterocycles. The molecule has 0 saturated heterocycles. The molecule has 8 nitrogen and oxygen atoms in total. The van der Waals surface area contributed by atoms with Crippen LogP contribution >= 0.6 is 0 Å². The summed E-state index contributed by atoms with van der Waals surface area (Å²) in [4.78, 5) is 25.0. The molecule has 0 aliphatic carbocycles. The number of hydrogen-bond acceptors (Lipinski definition) is 6. The van der Waals surface area contributed by atoms with Crippen LogP contribution in [0.5, 0.6) is 11.5 Å². The first-order valence-corrected chi connectivity index (χ1v) is 9.20. The van der Waals surface area contributed by atoms with E-state index in [2.05, 4.69) is 17.4 Å². The van der Waals surface area contributed by atoms with Crippen molar-refractivity contribution in [3.05, 3.63) is 57.1 Å². The molecular weight excluding hydrogens is 374 g/mol. The first-order chi connectivity index (χ1) is 13.7. The predicted molar refractivity (Wildman–Crippen MR) is 112 cm³/mol. The highest BCUT2D eigenvalue weighted by atomic mass is 16.6. The molecule has 1 amide bonds. The molecule has 2 rings (SSSR count). The van der Waals surface area contributed by atoms with Crippen LogP contribution in [0.25, 0.3) is 0 Å². The summed E-state index contributed by atoms with van der Waals surface area (Å²) in [5, 5.41) is 13.8. The van der Waals surface area contributed by atoms with Crippen molar-refractivity contribution >= 4 is 17.3 Å². The second-order valence-corrected chi connectivity index (χ2v) is 6.94. The SMILES string of the molecule is COc1ccc(NC(=O)CCN(C)Cc2cc(C)c(OC)c(C)c2)c([N+](=O)[O-])c1. The van der Waals surface area contributed by atoms with Crippen molar-refractivity contribution in [2.75, 3.05) is 33.1 Å². The fourth-order valence-electron chi connectivity index (χ4n) is 3.24. The molecular formula is C21H27N3O5. The Hall–Kier alpha value is -3.13. The summed E-state index contributed by atoms with van der Waals surface area (Å²) in [5.74, 6) is 0.962. The molecule has 0 unspecified atom stereocenters. The van der Waals surface area contributed by atoms with Crippen molar-refractivity contribution < 1.29 is 19.2 Å². The number of nitrogens with zero attached hydrogens (tertiary/aromatic N) is 2. The molecule has 156 valence electrons. The van der Waals surface area contributed by atoms with E-state index < -0.39 is 4.92 Å². The van der Waals surface area contributed by atoms with E-state index in [4.69, 9.17) is 9.47 Å². The average Bonchev–Trinajstić information content (AvgIpc) is 2.66. The average molecular weight is 401 g/mol. The second kappa shape index (κ2) is 9.88. The number of nitro groups is 1. The van der Waals surface area contributed by atoms with Gasteiger partial charge in [-0.15, -0.1) is 0 Å². The van der Waals surface area contributed by atoms with E-state index in [-0.39, 0.29) is 23.7 Å². The lowest BCUT2D eigenvalue weighted by atomic mass is 10.1. The first-order valence-electron chi connectivity index (χ1n) is 9.20. The fraction of sp³-hybridized carbons (Fsp3) is 0.381. The first kappa shape index (κ1) is 22.2. The Balaban J connectivity index is 1.95. The number of methoxy groups -OCH3 is 2. The van der Waals surface area contributed by atoms with Gasteiger partial charge in [0.15, 0.2) is 0 Å². The van der Waals surface area contributed by atoms with Gasteiger partial charge in [-0.2, -0.15) is 0 Å². The van der Waals surface area contributed by atoms with Gasteiger partial charge in [0.2, 0.25) is 5.91 Å². The van der Waals surface area contributed by atoms with E-state index in [0.29, 0.717) is 18.8 Å². The lowest BCUT2D eigenvalue weighted by Crippen LogP contribution is -2.24. The van der Waals surface area contributed by atoms with Crippen LogP contribution in [0.15, 0.2) is 30.3 Å².